The van der Waals surface area contributed by atoms with Crippen LogP contribution in [0.25, 0.3) is 0 Å². The van der Waals surface area contributed by atoms with Crippen LogP contribution < -0.4 is 5.32 Å². The second-order valence-corrected chi connectivity index (χ2v) is 10.3. The summed E-state index contributed by atoms with van der Waals surface area (Å²) in [4.78, 5) is 14.2. The Bertz CT molecular complexity index is 826. The highest BCUT2D eigenvalue weighted by Crippen LogP contribution is 2.44. The first kappa shape index (κ1) is 26.0. The molecule has 1 amide bonds. The SMILES string of the molecule is CCCS(=O)(=O)N1CCN(C2(C(F)(F)NC(=O)c3ccccc3)CCCCC2)CC1.Cl. The van der Waals surface area contributed by atoms with Crippen molar-refractivity contribution in [3.8, 4) is 0 Å². The second-order valence-electron chi connectivity index (χ2n) is 8.19. The van der Waals surface area contributed by atoms with E-state index in [0.29, 0.717) is 19.3 Å². The Labute approximate surface area is 189 Å². The molecule has 10 heteroatoms. The zero-order valence-electron chi connectivity index (χ0n) is 17.9. The molecule has 1 aliphatic carbocycles. The number of hydrogen-bond donors (Lipinski definition) is 1. The summed E-state index contributed by atoms with van der Waals surface area (Å²) in [5, 5.41) is 2.00. The number of benzene rings is 1. The molecule has 3 rings (SSSR count). The van der Waals surface area contributed by atoms with Crippen molar-refractivity contribution in [1.82, 2.24) is 14.5 Å². The molecule has 1 saturated carbocycles. The minimum atomic E-state index is -3.43. The first-order valence-corrected chi connectivity index (χ1v) is 12.3. The van der Waals surface area contributed by atoms with E-state index in [4.69, 9.17) is 0 Å². The van der Waals surface area contributed by atoms with Crippen molar-refractivity contribution in [3.05, 3.63) is 35.9 Å². The van der Waals surface area contributed by atoms with Gasteiger partial charge in [0.2, 0.25) is 10.0 Å². The highest BCUT2D eigenvalue weighted by Gasteiger charge is 2.58. The number of nitrogens with one attached hydrogen (secondary N) is 1. The maximum absolute atomic E-state index is 15.6. The minimum absolute atomic E-state index is 0. The van der Waals surface area contributed by atoms with E-state index in [0.717, 1.165) is 6.42 Å². The van der Waals surface area contributed by atoms with Crippen LogP contribution in [-0.4, -0.2) is 67.0 Å². The van der Waals surface area contributed by atoms with E-state index < -0.39 is 27.5 Å². The molecule has 6 nitrogen and oxygen atoms in total. The number of carbonyl (C=O) groups is 1. The fourth-order valence-electron chi connectivity index (χ4n) is 4.67. The van der Waals surface area contributed by atoms with Gasteiger partial charge in [-0.1, -0.05) is 44.4 Å². The zero-order valence-corrected chi connectivity index (χ0v) is 19.5. The van der Waals surface area contributed by atoms with Crippen LogP contribution >= 0.6 is 12.4 Å². The average Bonchev–Trinajstić information content (AvgIpc) is 2.74. The smallest absolute Gasteiger partial charge is 0.292 e. The summed E-state index contributed by atoms with van der Waals surface area (Å²) in [7, 11) is -3.35. The number of carbonyl (C=O) groups excluding carboxylic acids is 1. The Morgan fingerprint density at radius 2 is 1.65 bits per heavy atom. The second kappa shape index (κ2) is 10.6. The summed E-state index contributed by atoms with van der Waals surface area (Å²) in [6.07, 6.45) is 3.27. The van der Waals surface area contributed by atoms with Crippen molar-refractivity contribution in [2.24, 2.45) is 0 Å². The first-order valence-electron chi connectivity index (χ1n) is 10.7. The lowest BCUT2D eigenvalue weighted by Crippen LogP contribution is -2.70. The van der Waals surface area contributed by atoms with Crippen LogP contribution in [0.3, 0.4) is 0 Å². The molecule has 0 unspecified atom stereocenters. The number of piperazine rings is 1. The van der Waals surface area contributed by atoms with Gasteiger partial charge in [-0.25, -0.2) is 8.42 Å². The molecular formula is C21H32ClF2N3O3S. The van der Waals surface area contributed by atoms with Gasteiger partial charge in [-0.05, 0) is 31.4 Å². The summed E-state index contributed by atoms with van der Waals surface area (Å²) >= 11 is 0. The number of nitrogens with zero attached hydrogens (tertiary/aromatic N) is 2. The molecule has 2 fully saturated rings. The van der Waals surface area contributed by atoms with E-state index in [1.54, 1.807) is 30.0 Å². The summed E-state index contributed by atoms with van der Waals surface area (Å²) in [6, 6.07) is 4.60. The van der Waals surface area contributed by atoms with Crippen LogP contribution in [0, 0.1) is 0 Å². The fraction of sp³-hybridized carbons (Fsp3) is 0.667. The Morgan fingerprint density at radius 1 is 1.06 bits per heavy atom. The summed E-state index contributed by atoms with van der Waals surface area (Å²) < 4.78 is 57.4. The molecule has 0 bridgehead atoms. The molecule has 0 aromatic heterocycles. The maximum atomic E-state index is 15.6. The van der Waals surface area contributed by atoms with Crippen molar-refractivity contribution in [1.29, 1.82) is 0 Å². The quantitative estimate of drug-likeness (QED) is 0.608. The molecule has 1 saturated heterocycles. The lowest BCUT2D eigenvalue weighted by atomic mass is 9.77. The Balaban J connectivity index is 0.00000341. The van der Waals surface area contributed by atoms with Crippen LogP contribution in [-0.2, 0) is 10.0 Å². The highest BCUT2D eigenvalue weighted by molar-refractivity contribution is 7.89. The van der Waals surface area contributed by atoms with Gasteiger partial charge in [0.1, 0.15) is 5.54 Å². The molecule has 1 aromatic rings. The Kier molecular flexibility index (Phi) is 8.84. The van der Waals surface area contributed by atoms with Crippen molar-refractivity contribution >= 4 is 28.3 Å². The van der Waals surface area contributed by atoms with E-state index in [-0.39, 0.29) is 62.7 Å². The lowest BCUT2D eigenvalue weighted by molar-refractivity contribution is -0.178. The molecule has 0 radical (unpaired) electrons. The van der Waals surface area contributed by atoms with Gasteiger partial charge in [-0.3, -0.25) is 15.0 Å². The number of sulfonamides is 1. The number of halogens is 3. The van der Waals surface area contributed by atoms with Gasteiger partial charge < -0.3 is 0 Å². The van der Waals surface area contributed by atoms with Gasteiger partial charge in [-0.15, -0.1) is 12.4 Å². The third-order valence-electron chi connectivity index (χ3n) is 6.27. The number of alkyl halides is 2. The van der Waals surface area contributed by atoms with Gasteiger partial charge in [0.05, 0.1) is 5.75 Å². The predicted molar refractivity (Wildman–Crippen MR) is 119 cm³/mol. The molecule has 0 spiro atoms. The Morgan fingerprint density at radius 3 is 2.19 bits per heavy atom. The normalized spacial score (nSPS) is 20.6. The van der Waals surface area contributed by atoms with Crippen molar-refractivity contribution < 1.29 is 22.0 Å². The standard InChI is InChI=1S/C21H31F2N3O3S.ClH/c1-2-17-30(28,29)26-15-13-25(14-16-26)20(11-7-4-8-12-20)21(22,23)24-19(27)18-9-5-3-6-10-18;/h3,5-6,9-10H,2,4,7-8,11-17H2,1H3,(H,24,27);1H. The molecule has 1 aliphatic heterocycles. The fourth-order valence-corrected chi connectivity index (χ4v) is 6.16. The van der Waals surface area contributed by atoms with Crippen LogP contribution in [0.4, 0.5) is 8.78 Å². The van der Waals surface area contributed by atoms with E-state index in [1.807, 2.05) is 5.32 Å². The topological polar surface area (TPSA) is 69.7 Å². The summed E-state index contributed by atoms with van der Waals surface area (Å²) in [5.41, 5.74) is -1.30. The van der Waals surface area contributed by atoms with E-state index >= 15 is 8.78 Å². The number of amides is 1. The Hall–Kier alpha value is -1.29. The molecule has 176 valence electrons. The molecule has 1 N–H and O–H groups in total. The molecule has 31 heavy (non-hydrogen) atoms. The lowest BCUT2D eigenvalue weighted by Gasteiger charge is -2.52. The molecule has 1 heterocycles. The minimum Gasteiger partial charge on any atom is -0.292 e. The third-order valence-corrected chi connectivity index (χ3v) is 8.35. The van der Waals surface area contributed by atoms with Crippen molar-refractivity contribution in [2.45, 2.75) is 57.0 Å². The zero-order chi connectivity index (χ0) is 21.8. The van der Waals surface area contributed by atoms with Crippen LogP contribution in [0.15, 0.2) is 30.3 Å². The van der Waals surface area contributed by atoms with Gasteiger partial charge in [0.15, 0.2) is 0 Å². The van der Waals surface area contributed by atoms with Crippen LogP contribution in [0.1, 0.15) is 55.8 Å². The number of hydrogen-bond acceptors (Lipinski definition) is 4. The predicted octanol–water partition coefficient (Wildman–Crippen LogP) is 3.49. The third kappa shape index (κ3) is 5.56. The molecule has 1 aromatic carbocycles. The van der Waals surface area contributed by atoms with E-state index in [1.165, 1.54) is 16.4 Å². The molecule has 0 atom stereocenters. The molecular weight excluding hydrogens is 448 g/mol. The summed E-state index contributed by atoms with van der Waals surface area (Å²) in [6.45, 7) is 2.68. The van der Waals surface area contributed by atoms with Gasteiger partial charge in [-0.2, -0.15) is 13.1 Å². The maximum Gasteiger partial charge on any atom is 0.343 e. The summed E-state index contributed by atoms with van der Waals surface area (Å²) in [5.74, 6) is -0.726. The van der Waals surface area contributed by atoms with E-state index in [9.17, 15) is 13.2 Å². The van der Waals surface area contributed by atoms with Crippen LogP contribution in [0.2, 0.25) is 0 Å². The molecule has 2 aliphatic rings. The van der Waals surface area contributed by atoms with Gasteiger partial charge >= 0.3 is 6.05 Å². The van der Waals surface area contributed by atoms with E-state index in [2.05, 4.69) is 0 Å². The highest BCUT2D eigenvalue weighted by atomic mass is 35.5. The average molecular weight is 480 g/mol. The monoisotopic (exact) mass is 479 g/mol. The van der Waals surface area contributed by atoms with Crippen molar-refractivity contribution in [2.75, 3.05) is 31.9 Å². The first-order chi connectivity index (χ1) is 14.2. The van der Waals surface area contributed by atoms with Crippen molar-refractivity contribution in [3.63, 3.8) is 0 Å². The van der Waals surface area contributed by atoms with Crippen LogP contribution in [0.5, 0.6) is 0 Å². The largest absolute Gasteiger partial charge is 0.343 e. The van der Waals surface area contributed by atoms with Gasteiger partial charge in [0.25, 0.3) is 5.91 Å². The van der Waals surface area contributed by atoms with Gasteiger partial charge in [0, 0.05) is 31.7 Å². The number of rotatable bonds is 7.